The number of allylic oxidation sites excluding steroid dienone is 4. The Morgan fingerprint density at radius 1 is 1.08 bits per heavy atom. The monoisotopic (exact) mass is 279 g/mol. The Kier molecular flexibility index (Phi) is 1.47. The van der Waals surface area contributed by atoms with Crippen LogP contribution >= 0.6 is 22.6 Å². The van der Waals surface area contributed by atoms with Gasteiger partial charge in [0.15, 0.2) is 0 Å². The first-order valence-electron chi connectivity index (χ1n) is 4.12. The molecule has 0 saturated heterocycles. The lowest BCUT2D eigenvalue weighted by atomic mass is 10.1. The average Bonchev–Trinajstić information content (AvgIpc) is 2.67. The number of hydrogen-bond donors (Lipinski definition) is 0. The van der Waals surface area contributed by atoms with E-state index >= 15 is 0 Å². The van der Waals surface area contributed by atoms with Gasteiger partial charge in [0.05, 0.1) is 11.4 Å². The Hall–Kier alpha value is -0.900. The Balaban J connectivity index is 2.27. The highest BCUT2D eigenvalue weighted by Gasteiger charge is 2.24. The van der Waals surface area contributed by atoms with Gasteiger partial charge in [0.2, 0.25) is 0 Å². The summed E-state index contributed by atoms with van der Waals surface area (Å²) in [5.41, 5.74) is 4.79. The van der Waals surface area contributed by atoms with Crippen LogP contribution in [0.3, 0.4) is 0 Å². The fourth-order valence-corrected chi connectivity index (χ4v) is 2.28. The van der Waals surface area contributed by atoms with Crippen molar-refractivity contribution >= 4 is 39.6 Å². The maximum atomic E-state index is 4.57. The first-order chi connectivity index (χ1) is 6.36. The fourth-order valence-electron chi connectivity index (χ4n) is 1.69. The van der Waals surface area contributed by atoms with Gasteiger partial charge in [-0.3, -0.25) is 0 Å². The highest BCUT2D eigenvalue weighted by Crippen LogP contribution is 2.40. The molecule has 0 bridgehead atoms. The first kappa shape index (κ1) is 7.50. The van der Waals surface area contributed by atoms with E-state index in [1.165, 1.54) is 14.7 Å². The minimum Gasteiger partial charge on any atom is -0.247 e. The highest BCUT2D eigenvalue weighted by molar-refractivity contribution is 14.1. The molecule has 0 unspecified atom stereocenters. The molecule has 2 aliphatic rings. The van der Waals surface area contributed by atoms with Gasteiger partial charge in [-0.05, 0) is 34.7 Å². The Morgan fingerprint density at radius 2 is 1.92 bits per heavy atom. The van der Waals surface area contributed by atoms with Crippen molar-refractivity contribution in [3.05, 3.63) is 45.6 Å². The van der Waals surface area contributed by atoms with Crippen LogP contribution in [0.4, 0.5) is 5.69 Å². The second kappa shape index (κ2) is 2.54. The van der Waals surface area contributed by atoms with Gasteiger partial charge in [0.25, 0.3) is 0 Å². The molecule has 1 heterocycles. The van der Waals surface area contributed by atoms with Crippen LogP contribution in [0.15, 0.2) is 45.0 Å². The highest BCUT2D eigenvalue weighted by atomic mass is 127. The number of aliphatic imine (C=N–C) groups is 1. The lowest BCUT2D eigenvalue weighted by molar-refractivity contribution is 1.54. The topological polar surface area (TPSA) is 12.4 Å². The molecule has 1 aromatic carbocycles. The molecule has 3 rings (SSSR count). The van der Waals surface area contributed by atoms with Crippen molar-refractivity contribution in [1.29, 1.82) is 0 Å². The molecule has 0 spiro atoms. The maximum Gasteiger partial charge on any atom is 0.0849 e. The summed E-state index contributed by atoms with van der Waals surface area (Å²) < 4.78 is 1.24. The van der Waals surface area contributed by atoms with Crippen molar-refractivity contribution in [2.24, 2.45) is 4.99 Å². The standard InChI is InChI=1S/C11H6IN/c12-9-6-5-8-7-3-1-2-4-10(7)13-11(8)9/h1-6H. The molecule has 0 atom stereocenters. The Bertz CT molecular complexity index is 481. The molecule has 0 saturated carbocycles. The van der Waals surface area contributed by atoms with Crippen LogP contribution in [0.1, 0.15) is 5.56 Å². The predicted molar refractivity (Wildman–Crippen MR) is 63.6 cm³/mol. The molecule has 0 N–H and O–H groups in total. The van der Waals surface area contributed by atoms with Crippen LogP contribution < -0.4 is 0 Å². The fraction of sp³-hybridized carbons (Fsp3) is 0. The van der Waals surface area contributed by atoms with Gasteiger partial charge in [0, 0.05) is 14.7 Å². The third kappa shape index (κ3) is 0.950. The molecular weight excluding hydrogens is 273 g/mol. The molecule has 0 aromatic heterocycles. The summed E-state index contributed by atoms with van der Waals surface area (Å²) in [6, 6.07) is 8.27. The Labute approximate surface area is 90.0 Å². The van der Waals surface area contributed by atoms with E-state index < -0.39 is 0 Å². The van der Waals surface area contributed by atoms with Crippen LogP contribution in [-0.2, 0) is 0 Å². The zero-order chi connectivity index (χ0) is 8.84. The molecule has 1 nitrogen and oxygen atoms in total. The van der Waals surface area contributed by atoms with E-state index in [0.29, 0.717) is 0 Å². The van der Waals surface area contributed by atoms with Gasteiger partial charge < -0.3 is 0 Å². The Morgan fingerprint density at radius 3 is 2.85 bits per heavy atom. The molecule has 0 amide bonds. The van der Waals surface area contributed by atoms with Gasteiger partial charge in [-0.25, -0.2) is 4.99 Å². The van der Waals surface area contributed by atoms with Crippen molar-refractivity contribution in [2.45, 2.75) is 0 Å². The number of rotatable bonds is 0. The van der Waals surface area contributed by atoms with Crippen molar-refractivity contribution in [1.82, 2.24) is 0 Å². The normalized spacial score (nSPS) is 17.5. The van der Waals surface area contributed by atoms with E-state index in [-0.39, 0.29) is 0 Å². The molecule has 1 aliphatic carbocycles. The smallest absolute Gasteiger partial charge is 0.0849 e. The molecule has 1 aromatic rings. The summed E-state index contributed by atoms with van der Waals surface area (Å²) >= 11 is 2.33. The van der Waals surface area contributed by atoms with Crippen LogP contribution in [0, 0.1) is 0 Å². The molecule has 0 fully saturated rings. The second-order valence-corrected chi connectivity index (χ2v) is 4.23. The van der Waals surface area contributed by atoms with E-state index in [2.05, 4.69) is 57.9 Å². The van der Waals surface area contributed by atoms with Crippen molar-refractivity contribution < 1.29 is 0 Å². The van der Waals surface area contributed by atoms with Gasteiger partial charge in [-0.1, -0.05) is 24.3 Å². The van der Waals surface area contributed by atoms with E-state index in [1.54, 1.807) is 0 Å². The minimum atomic E-state index is 1.10. The average molecular weight is 279 g/mol. The summed E-state index contributed by atoms with van der Waals surface area (Å²) in [5, 5.41) is 0. The second-order valence-electron chi connectivity index (χ2n) is 3.07. The molecular formula is C11H6IN. The van der Waals surface area contributed by atoms with Crippen LogP contribution in [0.25, 0.3) is 5.57 Å². The van der Waals surface area contributed by atoms with Crippen molar-refractivity contribution in [3.8, 4) is 0 Å². The summed E-state index contributed by atoms with van der Waals surface area (Å²) in [6.07, 6.45) is 4.26. The largest absolute Gasteiger partial charge is 0.247 e. The minimum absolute atomic E-state index is 1.10. The van der Waals surface area contributed by atoms with E-state index in [9.17, 15) is 0 Å². The molecule has 62 valence electrons. The predicted octanol–water partition coefficient (Wildman–Crippen LogP) is 3.49. The van der Waals surface area contributed by atoms with Gasteiger partial charge in [-0.2, -0.15) is 0 Å². The quantitative estimate of drug-likeness (QED) is 0.645. The summed E-state index contributed by atoms with van der Waals surface area (Å²) in [6.45, 7) is 0. The van der Waals surface area contributed by atoms with E-state index in [0.717, 1.165) is 11.4 Å². The van der Waals surface area contributed by atoms with Gasteiger partial charge in [-0.15, -0.1) is 0 Å². The van der Waals surface area contributed by atoms with Crippen LogP contribution in [0.2, 0.25) is 0 Å². The zero-order valence-corrected chi connectivity index (χ0v) is 8.95. The van der Waals surface area contributed by atoms with Crippen molar-refractivity contribution in [2.75, 3.05) is 0 Å². The van der Waals surface area contributed by atoms with Gasteiger partial charge >= 0.3 is 0 Å². The third-order valence-electron chi connectivity index (χ3n) is 2.30. The number of halogens is 1. The van der Waals surface area contributed by atoms with Gasteiger partial charge in [0.1, 0.15) is 0 Å². The summed E-state index contributed by atoms with van der Waals surface area (Å²) in [7, 11) is 0. The maximum absolute atomic E-state index is 4.57. The summed E-state index contributed by atoms with van der Waals surface area (Å²) in [5.74, 6) is 0. The van der Waals surface area contributed by atoms with E-state index in [4.69, 9.17) is 0 Å². The molecule has 2 heteroatoms. The lowest BCUT2D eigenvalue weighted by Gasteiger charge is -1.96. The number of nitrogens with zero attached hydrogens (tertiary/aromatic N) is 1. The lowest BCUT2D eigenvalue weighted by Crippen LogP contribution is -1.90. The number of hydrogen-bond acceptors (Lipinski definition) is 1. The molecule has 0 radical (unpaired) electrons. The van der Waals surface area contributed by atoms with E-state index in [1.807, 2.05) is 6.07 Å². The molecule has 1 aliphatic heterocycles. The number of benzene rings is 1. The van der Waals surface area contributed by atoms with Crippen LogP contribution in [0.5, 0.6) is 0 Å². The number of fused-ring (bicyclic) bond motifs is 3. The van der Waals surface area contributed by atoms with Crippen LogP contribution in [-0.4, -0.2) is 5.71 Å². The molecule has 13 heavy (non-hydrogen) atoms. The first-order valence-corrected chi connectivity index (χ1v) is 5.20. The zero-order valence-electron chi connectivity index (χ0n) is 6.79. The van der Waals surface area contributed by atoms with Crippen molar-refractivity contribution in [3.63, 3.8) is 0 Å². The SMILES string of the molecule is IC1=CC=C2C1=Nc1ccccc12. The summed E-state index contributed by atoms with van der Waals surface area (Å²) in [4.78, 5) is 4.57. The third-order valence-corrected chi connectivity index (χ3v) is 3.17. The number of para-hydroxylation sites is 1.